The first-order valence-electron chi connectivity index (χ1n) is 9.38. The van der Waals surface area contributed by atoms with Crippen LogP contribution in [-0.2, 0) is 6.54 Å². The summed E-state index contributed by atoms with van der Waals surface area (Å²) >= 11 is 0. The Labute approximate surface area is 144 Å². The minimum atomic E-state index is -0.130. The number of amides is 1. The van der Waals surface area contributed by atoms with Crippen molar-refractivity contribution in [2.24, 2.45) is 5.92 Å². The summed E-state index contributed by atoms with van der Waals surface area (Å²) in [5.74, 6) is 1.33. The van der Waals surface area contributed by atoms with Crippen LogP contribution in [0.2, 0.25) is 0 Å². The Morgan fingerprint density at radius 3 is 2.71 bits per heavy atom. The van der Waals surface area contributed by atoms with Crippen LogP contribution in [0.25, 0.3) is 0 Å². The molecule has 3 rings (SSSR count). The third-order valence-corrected chi connectivity index (χ3v) is 5.18. The van der Waals surface area contributed by atoms with Crippen LogP contribution < -0.4 is 5.32 Å². The zero-order valence-electron chi connectivity index (χ0n) is 14.8. The van der Waals surface area contributed by atoms with E-state index in [1.54, 1.807) is 0 Å². The quantitative estimate of drug-likeness (QED) is 0.863. The number of carbonyl (C=O) groups excluding carboxylic acids is 1. The molecule has 1 aromatic heterocycles. The van der Waals surface area contributed by atoms with Gasteiger partial charge in [0.05, 0.1) is 6.54 Å². The van der Waals surface area contributed by atoms with E-state index in [1.807, 2.05) is 0 Å². The van der Waals surface area contributed by atoms with Crippen molar-refractivity contribution < 1.29 is 9.21 Å². The Balaban J connectivity index is 1.40. The lowest BCUT2D eigenvalue weighted by Crippen LogP contribution is -2.37. The van der Waals surface area contributed by atoms with Gasteiger partial charge in [0.2, 0.25) is 5.89 Å². The first-order valence-corrected chi connectivity index (χ1v) is 9.38. The van der Waals surface area contributed by atoms with Crippen LogP contribution in [0.5, 0.6) is 0 Å². The molecular formula is C18H30N4O2. The van der Waals surface area contributed by atoms with E-state index in [0.29, 0.717) is 24.7 Å². The summed E-state index contributed by atoms with van der Waals surface area (Å²) < 4.78 is 5.49. The average molecular weight is 334 g/mol. The first kappa shape index (κ1) is 17.4. The van der Waals surface area contributed by atoms with Gasteiger partial charge in [-0.15, -0.1) is 0 Å². The monoisotopic (exact) mass is 334 g/mol. The SMILES string of the molecule is CC1CCN(Cc2nc(C(=O)NCCN3CCCCC3)co2)CC1. The highest BCUT2D eigenvalue weighted by atomic mass is 16.3. The summed E-state index contributed by atoms with van der Waals surface area (Å²) in [4.78, 5) is 21.3. The molecule has 134 valence electrons. The van der Waals surface area contributed by atoms with Crippen LogP contribution >= 0.6 is 0 Å². The Morgan fingerprint density at radius 1 is 1.21 bits per heavy atom. The molecule has 3 heterocycles. The summed E-state index contributed by atoms with van der Waals surface area (Å²) in [6.07, 6.45) is 7.82. The fraction of sp³-hybridized carbons (Fsp3) is 0.778. The lowest BCUT2D eigenvalue weighted by Gasteiger charge is -2.28. The van der Waals surface area contributed by atoms with E-state index in [0.717, 1.165) is 38.6 Å². The van der Waals surface area contributed by atoms with Gasteiger partial charge in [0.1, 0.15) is 6.26 Å². The molecule has 6 nitrogen and oxygen atoms in total. The molecule has 24 heavy (non-hydrogen) atoms. The number of hydrogen-bond acceptors (Lipinski definition) is 5. The topological polar surface area (TPSA) is 61.6 Å². The molecule has 1 amide bonds. The van der Waals surface area contributed by atoms with Crippen LogP contribution in [0.1, 0.15) is 55.4 Å². The van der Waals surface area contributed by atoms with E-state index in [-0.39, 0.29) is 5.91 Å². The molecule has 2 aliphatic heterocycles. The van der Waals surface area contributed by atoms with Gasteiger partial charge < -0.3 is 14.6 Å². The second-order valence-corrected chi connectivity index (χ2v) is 7.24. The largest absolute Gasteiger partial charge is 0.447 e. The number of aromatic nitrogens is 1. The Bertz CT molecular complexity index is 517. The van der Waals surface area contributed by atoms with Gasteiger partial charge in [-0.25, -0.2) is 4.98 Å². The normalized spacial score (nSPS) is 21.0. The second kappa shape index (κ2) is 8.62. The summed E-state index contributed by atoms with van der Waals surface area (Å²) in [5, 5.41) is 2.95. The molecular weight excluding hydrogens is 304 g/mol. The molecule has 0 atom stereocenters. The van der Waals surface area contributed by atoms with Gasteiger partial charge in [0.15, 0.2) is 5.69 Å². The summed E-state index contributed by atoms with van der Waals surface area (Å²) in [7, 11) is 0. The molecule has 0 spiro atoms. The number of nitrogens with one attached hydrogen (secondary N) is 1. The number of piperidine rings is 2. The second-order valence-electron chi connectivity index (χ2n) is 7.24. The van der Waals surface area contributed by atoms with Crippen molar-refractivity contribution in [3.63, 3.8) is 0 Å². The Hall–Kier alpha value is -1.40. The van der Waals surface area contributed by atoms with E-state index in [4.69, 9.17) is 4.42 Å². The van der Waals surface area contributed by atoms with Gasteiger partial charge in [-0.2, -0.15) is 0 Å². The van der Waals surface area contributed by atoms with Crippen molar-refractivity contribution in [2.45, 2.75) is 45.6 Å². The number of nitrogens with zero attached hydrogens (tertiary/aromatic N) is 3. The van der Waals surface area contributed by atoms with Crippen molar-refractivity contribution in [1.82, 2.24) is 20.1 Å². The molecule has 0 unspecified atom stereocenters. The number of likely N-dealkylation sites (tertiary alicyclic amines) is 2. The lowest BCUT2D eigenvalue weighted by molar-refractivity contribution is 0.0941. The predicted molar refractivity (Wildman–Crippen MR) is 92.8 cm³/mol. The molecule has 2 saturated heterocycles. The van der Waals surface area contributed by atoms with Gasteiger partial charge in [-0.1, -0.05) is 13.3 Å². The maximum absolute atomic E-state index is 12.2. The van der Waals surface area contributed by atoms with Gasteiger partial charge in [0, 0.05) is 13.1 Å². The van der Waals surface area contributed by atoms with E-state index < -0.39 is 0 Å². The molecule has 6 heteroatoms. The number of hydrogen-bond donors (Lipinski definition) is 1. The fourth-order valence-electron chi connectivity index (χ4n) is 3.50. The van der Waals surface area contributed by atoms with E-state index in [9.17, 15) is 4.79 Å². The lowest BCUT2D eigenvalue weighted by atomic mass is 9.99. The molecule has 0 aliphatic carbocycles. The van der Waals surface area contributed by atoms with Gasteiger partial charge >= 0.3 is 0 Å². The molecule has 0 radical (unpaired) electrons. The molecule has 2 aliphatic rings. The van der Waals surface area contributed by atoms with Crippen molar-refractivity contribution in [1.29, 1.82) is 0 Å². The predicted octanol–water partition coefficient (Wildman–Crippen LogP) is 2.12. The van der Waals surface area contributed by atoms with Crippen LogP contribution in [0, 0.1) is 5.92 Å². The van der Waals surface area contributed by atoms with Crippen LogP contribution in [0.15, 0.2) is 10.7 Å². The van der Waals surface area contributed by atoms with Crippen molar-refractivity contribution in [3.05, 3.63) is 17.8 Å². The highest BCUT2D eigenvalue weighted by Crippen LogP contribution is 2.18. The van der Waals surface area contributed by atoms with Crippen molar-refractivity contribution in [2.75, 3.05) is 39.3 Å². The van der Waals surface area contributed by atoms with Gasteiger partial charge in [-0.3, -0.25) is 9.69 Å². The minimum absolute atomic E-state index is 0.130. The van der Waals surface area contributed by atoms with E-state index in [1.165, 1.54) is 38.4 Å². The van der Waals surface area contributed by atoms with Crippen LogP contribution in [0.3, 0.4) is 0 Å². The number of carbonyl (C=O) groups is 1. The van der Waals surface area contributed by atoms with Crippen molar-refractivity contribution in [3.8, 4) is 0 Å². The van der Waals surface area contributed by atoms with Crippen LogP contribution in [0.4, 0.5) is 0 Å². The van der Waals surface area contributed by atoms with Gasteiger partial charge in [0.25, 0.3) is 5.91 Å². The average Bonchev–Trinajstić information content (AvgIpc) is 3.06. The third-order valence-electron chi connectivity index (χ3n) is 5.18. The standard InChI is InChI=1S/C18H30N4O2/c1-15-5-10-22(11-6-15)13-17-20-16(14-24-17)18(23)19-7-12-21-8-3-2-4-9-21/h14-15H,2-13H2,1H3,(H,19,23). The third kappa shape index (κ3) is 5.05. The first-order chi connectivity index (χ1) is 11.7. The molecule has 1 aromatic rings. The highest BCUT2D eigenvalue weighted by Gasteiger charge is 2.19. The van der Waals surface area contributed by atoms with E-state index >= 15 is 0 Å². The number of rotatable bonds is 6. The molecule has 1 N–H and O–H groups in total. The van der Waals surface area contributed by atoms with Crippen LogP contribution in [-0.4, -0.2) is 60.0 Å². The maximum Gasteiger partial charge on any atom is 0.273 e. The smallest absolute Gasteiger partial charge is 0.273 e. The zero-order valence-corrected chi connectivity index (χ0v) is 14.8. The maximum atomic E-state index is 12.2. The summed E-state index contributed by atoms with van der Waals surface area (Å²) in [6.45, 7) is 9.06. The zero-order chi connectivity index (χ0) is 16.8. The summed E-state index contributed by atoms with van der Waals surface area (Å²) in [6, 6.07) is 0. The highest BCUT2D eigenvalue weighted by molar-refractivity contribution is 5.91. The molecule has 0 bridgehead atoms. The Morgan fingerprint density at radius 2 is 1.96 bits per heavy atom. The summed E-state index contributed by atoms with van der Waals surface area (Å²) in [5.41, 5.74) is 0.397. The van der Waals surface area contributed by atoms with Crippen molar-refractivity contribution >= 4 is 5.91 Å². The molecule has 0 aromatic carbocycles. The number of oxazole rings is 1. The minimum Gasteiger partial charge on any atom is -0.447 e. The Kier molecular flexibility index (Phi) is 6.26. The molecule has 0 saturated carbocycles. The van der Waals surface area contributed by atoms with E-state index in [2.05, 4.69) is 27.0 Å². The molecule has 2 fully saturated rings. The van der Waals surface area contributed by atoms with Gasteiger partial charge in [-0.05, 0) is 57.8 Å². The fourth-order valence-corrected chi connectivity index (χ4v) is 3.50.